The number of hydrogen-bond acceptors (Lipinski definition) is 4. The van der Waals surface area contributed by atoms with E-state index >= 15 is 0 Å². The molecule has 1 fully saturated rings. The van der Waals surface area contributed by atoms with Gasteiger partial charge < -0.3 is 4.74 Å². The van der Waals surface area contributed by atoms with E-state index in [2.05, 4.69) is 5.43 Å². The Labute approximate surface area is 132 Å². The third-order valence-electron chi connectivity index (χ3n) is 3.67. The molecule has 3 heterocycles. The third kappa shape index (κ3) is 2.98. The molecule has 1 aliphatic heterocycles. The average Bonchev–Trinajstić information content (AvgIpc) is 3.12. The van der Waals surface area contributed by atoms with Crippen molar-refractivity contribution in [3.63, 3.8) is 0 Å². The first kappa shape index (κ1) is 15.0. The minimum atomic E-state index is -0.275. The van der Waals surface area contributed by atoms with Gasteiger partial charge in [-0.15, -0.1) is 11.3 Å². The number of rotatable bonds is 3. The van der Waals surface area contributed by atoms with Crippen LogP contribution in [0.2, 0.25) is 0 Å². The predicted molar refractivity (Wildman–Crippen MR) is 86.1 cm³/mol. The Morgan fingerprint density at radius 2 is 2.18 bits per heavy atom. The molecule has 3 rings (SSSR count). The van der Waals surface area contributed by atoms with Gasteiger partial charge in [-0.1, -0.05) is 0 Å². The van der Waals surface area contributed by atoms with Gasteiger partial charge in [0, 0.05) is 23.2 Å². The summed E-state index contributed by atoms with van der Waals surface area (Å²) in [6, 6.07) is 7.07. The number of nitrogens with zero attached hydrogens (tertiary/aromatic N) is 1. The Balaban J connectivity index is 1.79. The molecule has 1 N–H and O–H groups in total. The molecule has 2 aromatic heterocycles. The highest BCUT2D eigenvalue weighted by molar-refractivity contribution is 7.14. The lowest BCUT2D eigenvalue weighted by atomic mass is 10.2. The summed E-state index contributed by atoms with van der Waals surface area (Å²) >= 11 is 1.42. The molecule has 0 radical (unpaired) electrons. The highest BCUT2D eigenvalue weighted by Crippen LogP contribution is 2.33. The smallest absolute Gasteiger partial charge is 0.280 e. The van der Waals surface area contributed by atoms with Crippen molar-refractivity contribution in [2.24, 2.45) is 0 Å². The Kier molecular flexibility index (Phi) is 4.13. The number of pyridine rings is 1. The van der Waals surface area contributed by atoms with E-state index in [4.69, 9.17) is 4.74 Å². The van der Waals surface area contributed by atoms with E-state index in [-0.39, 0.29) is 17.6 Å². The van der Waals surface area contributed by atoms with Crippen molar-refractivity contribution < 1.29 is 9.53 Å². The number of thiophene rings is 1. The standard InChI is InChI=1S/C16H18N2O3S/c1-10-8-11(2)18(15(19)9-10)17-16(20)14-6-5-13(22-14)12-4-3-7-21-12/h5-6,8-9,12H,3-4,7H2,1-2H3,(H,17,20)/t12-/m0/s1. The van der Waals surface area contributed by atoms with Gasteiger partial charge >= 0.3 is 0 Å². The molecular weight excluding hydrogens is 300 g/mol. The summed E-state index contributed by atoms with van der Waals surface area (Å²) in [6.07, 6.45) is 2.16. The molecule has 5 nitrogen and oxygen atoms in total. The van der Waals surface area contributed by atoms with Gasteiger partial charge in [0.05, 0.1) is 11.0 Å². The maximum absolute atomic E-state index is 12.3. The van der Waals surface area contributed by atoms with Crippen LogP contribution in [0.5, 0.6) is 0 Å². The lowest BCUT2D eigenvalue weighted by Gasteiger charge is -2.11. The quantitative estimate of drug-likeness (QED) is 0.946. The zero-order valence-corrected chi connectivity index (χ0v) is 13.4. The summed E-state index contributed by atoms with van der Waals surface area (Å²) in [5.74, 6) is -0.275. The zero-order valence-electron chi connectivity index (χ0n) is 12.6. The molecule has 22 heavy (non-hydrogen) atoms. The number of aromatic nitrogens is 1. The first-order valence-corrected chi connectivity index (χ1v) is 8.09. The molecular formula is C16H18N2O3S. The molecule has 6 heteroatoms. The fourth-order valence-electron chi connectivity index (χ4n) is 2.62. The van der Waals surface area contributed by atoms with E-state index in [0.29, 0.717) is 10.6 Å². The second-order valence-electron chi connectivity index (χ2n) is 5.49. The van der Waals surface area contributed by atoms with Gasteiger partial charge in [-0.3, -0.25) is 15.0 Å². The minimum Gasteiger partial charge on any atom is -0.373 e. The van der Waals surface area contributed by atoms with E-state index in [1.165, 1.54) is 22.1 Å². The monoisotopic (exact) mass is 318 g/mol. The number of ether oxygens (including phenoxy) is 1. The number of aryl methyl sites for hydroxylation is 2. The van der Waals surface area contributed by atoms with Crippen molar-refractivity contribution in [2.45, 2.75) is 32.8 Å². The van der Waals surface area contributed by atoms with Crippen LogP contribution in [0.3, 0.4) is 0 Å². The van der Waals surface area contributed by atoms with E-state index in [0.717, 1.165) is 29.9 Å². The largest absolute Gasteiger partial charge is 0.373 e. The lowest BCUT2D eigenvalue weighted by molar-refractivity contribution is 0.101. The summed E-state index contributed by atoms with van der Waals surface area (Å²) in [7, 11) is 0. The maximum atomic E-state index is 12.3. The summed E-state index contributed by atoms with van der Waals surface area (Å²) < 4.78 is 6.90. The Morgan fingerprint density at radius 1 is 1.36 bits per heavy atom. The normalized spacial score (nSPS) is 17.6. The van der Waals surface area contributed by atoms with E-state index in [9.17, 15) is 9.59 Å². The summed E-state index contributed by atoms with van der Waals surface area (Å²) in [6.45, 7) is 4.43. The van der Waals surface area contributed by atoms with Gasteiger partial charge in [-0.25, -0.2) is 4.68 Å². The molecule has 1 amide bonds. The van der Waals surface area contributed by atoms with Crippen LogP contribution in [0.1, 0.15) is 44.8 Å². The first-order valence-electron chi connectivity index (χ1n) is 7.27. The second kappa shape index (κ2) is 6.06. The lowest BCUT2D eigenvalue weighted by Crippen LogP contribution is -2.34. The highest BCUT2D eigenvalue weighted by atomic mass is 32.1. The number of carbonyl (C=O) groups is 1. The van der Waals surface area contributed by atoms with Crippen molar-refractivity contribution in [3.8, 4) is 0 Å². The Morgan fingerprint density at radius 3 is 2.86 bits per heavy atom. The highest BCUT2D eigenvalue weighted by Gasteiger charge is 2.21. The van der Waals surface area contributed by atoms with Crippen LogP contribution in [-0.2, 0) is 4.74 Å². The van der Waals surface area contributed by atoms with Crippen LogP contribution in [0.4, 0.5) is 0 Å². The molecule has 0 bridgehead atoms. The topological polar surface area (TPSA) is 60.3 Å². The Hall–Kier alpha value is -1.92. The Bertz CT molecular complexity index is 757. The van der Waals surface area contributed by atoms with Gasteiger partial charge in [0.25, 0.3) is 11.5 Å². The molecule has 1 aliphatic rings. The average molecular weight is 318 g/mol. The van der Waals surface area contributed by atoms with E-state index in [1.54, 1.807) is 13.0 Å². The molecule has 1 atom stereocenters. The number of hydrogen-bond donors (Lipinski definition) is 1. The first-order chi connectivity index (χ1) is 10.5. The molecule has 1 saturated heterocycles. The number of nitrogens with one attached hydrogen (secondary N) is 1. The third-order valence-corrected chi connectivity index (χ3v) is 4.85. The number of amides is 1. The van der Waals surface area contributed by atoms with Crippen molar-refractivity contribution in [1.29, 1.82) is 0 Å². The van der Waals surface area contributed by atoms with E-state index < -0.39 is 0 Å². The van der Waals surface area contributed by atoms with Crippen molar-refractivity contribution in [2.75, 3.05) is 12.0 Å². The molecule has 0 unspecified atom stereocenters. The van der Waals surface area contributed by atoms with Crippen LogP contribution < -0.4 is 11.0 Å². The van der Waals surface area contributed by atoms with Gasteiger partial charge in [-0.2, -0.15) is 0 Å². The molecule has 0 saturated carbocycles. The van der Waals surface area contributed by atoms with Crippen LogP contribution in [0.15, 0.2) is 29.1 Å². The van der Waals surface area contributed by atoms with Crippen molar-refractivity contribution >= 4 is 17.2 Å². The van der Waals surface area contributed by atoms with Gasteiger partial charge in [0.1, 0.15) is 0 Å². The van der Waals surface area contributed by atoms with Gasteiger partial charge in [0.2, 0.25) is 0 Å². The SMILES string of the molecule is Cc1cc(C)n(NC(=O)c2ccc([C@@H]3CCCO3)s2)c(=O)c1. The predicted octanol–water partition coefficient (Wildman–Crippen LogP) is 2.76. The van der Waals surface area contributed by atoms with E-state index in [1.807, 2.05) is 19.1 Å². The van der Waals surface area contributed by atoms with Gasteiger partial charge in [0.15, 0.2) is 0 Å². The van der Waals surface area contributed by atoms with Crippen LogP contribution in [-0.4, -0.2) is 17.2 Å². The molecule has 0 spiro atoms. The molecule has 0 aliphatic carbocycles. The fourth-order valence-corrected chi connectivity index (χ4v) is 3.60. The van der Waals surface area contributed by atoms with Crippen LogP contribution in [0, 0.1) is 13.8 Å². The van der Waals surface area contributed by atoms with Crippen molar-refractivity contribution in [1.82, 2.24) is 4.68 Å². The van der Waals surface area contributed by atoms with Crippen molar-refractivity contribution in [3.05, 3.63) is 55.6 Å². The maximum Gasteiger partial charge on any atom is 0.280 e. The summed E-state index contributed by atoms with van der Waals surface area (Å²) in [5.41, 5.74) is 4.01. The zero-order chi connectivity index (χ0) is 15.7. The van der Waals surface area contributed by atoms with Crippen LogP contribution in [0.25, 0.3) is 0 Å². The summed E-state index contributed by atoms with van der Waals surface area (Å²) in [4.78, 5) is 26.0. The molecule has 0 aromatic carbocycles. The fraction of sp³-hybridized carbons (Fsp3) is 0.375. The summed E-state index contributed by atoms with van der Waals surface area (Å²) in [5, 5.41) is 0. The number of carbonyl (C=O) groups excluding carboxylic acids is 1. The second-order valence-corrected chi connectivity index (χ2v) is 6.61. The minimum absolute atomic E-state index is 0.107. The molecule has 116 valence electrons. The molecule has 2 aromatic rings. The van der Waals surface area contributed by atoms with Crippen LogP contribution >= 0.6 is 11.3 Å². The van der Waals surface area contributed by atoms with Gasteiger partial charge in [-0.05, 0) is 50.5 Å².